The molecule has 0 bridgehead atoms. The fourth-order valence-corrected chi connectivity index (χ4v) is 2.32. The van der Waals surface area contributed by atoms with Crippen LogP contribution >= 0.6 is 11.6 Å². The van der Waals surface area contributed by atoms with Crippen LogP contribution in [0.2, 0.25) is 5.02 Å². The Morgan fingerprint density at radius 2 is 2.10 bits per heavy atom. The van der Waals surface area contributed by atoms with Crippen LogP contribution in [0.3, 0.4) is 0 Å². The standard InChI is InChI=1S/C14H8ClFN4/c15-10-5-4-9(16)6-12(10)20-11-3-1-2-8(7-17)13(11)19-14(20)18/h1-6H,(H2,18,19). The van der Waals surface area contributed by atoms with Gasteiger partial charge in [-0.2, -0.15) is 5.26 Å². The summed E-state index contributed by atoms with van der Waals surface area (Å²) in [4.78, 5) is 4.17. The third kappa shape index (κ3) is 1.78. The molecule has 0 saturated heterocycles. The number of hydrogen-bond acceptors (Lipinski definition) is 3. The number of benzene rings is 2. The Labute approximate surface area is 118 Å². The number of anilines is 1. The monoisotopic (exact) mass is 286 g/mol. The highest BCUT2D eigenvalue weighted by Crippen LogP contribution is 2.29. The molecule has 2 N–H and O–H groups in total. The lowest BCUT2D eigenvalue weighted by molar-refractivity contribution is 0.627. The van der Waals surface area contributed by atoms with E-state index in [1.807, 2.05) is 6.07 Å². The molecule has 2 aromatic carbocycles. The summed E-state index contributed by atoms with van der Waals surface area (Å²) in [6.45, 7) is 0. The average molecular weight is 287 g/mol. The minimum atomic E-state index is -0.429. The van der Waals surface area contributed by atoms with Crippen LogP contribution in [0.1, 0.15) is 5.56 Å². The molecule has 3 rings (SSSR count). The zero-order chi connectivity index (χ0) is 14.3. The van der Waals surface area contributed by atoms with Crippen LogP contribution in [0.4, 0.5) is 10.3 Å². The molecule has 0 aliphatic carbocycles. The number of rotatable bonds is 1. The summed E-state index contributed by atoms with van der Waals surface area (Å²) in [5, 5.41) is 9.43. The summed E-state index contributed by atoms with van der Waals surface area (Å²) < 4.78 is 15.0. The summed E-state index contributed by atoms with van der Waals surface area (Å²) in [5.41, 5.74) is 7.75. The van der Waals surface area contributed by atoms with Gasteiger partial charge in [-0.25, -0.2) is 9.37 Å². The maximum Gasteiger partial charge on any atom is 0.206 e. The lowest BCUT2D eigenvalue weighted by atomic mass is 10.2. The van der Waals surface area contributed by atoms with Crippen molar-refractivity contribution >= 4 is 28.6 Å². The van der Waals surface area contributed by atoms with E-state index in [4.69, 9.17) is 22.6 Å². The van der Waals surface area contributed by atoms with Crippen LogP contribution in [0.5, 0.6) is 0 Å². The maximum atomic E-state index is 13.4. The molecule has 1 heterocycles. The first kappa shape index (κ1) is 12.5. The summed E-state index contributed by atoms with van der Waals surface area (Å²) in [5.74, 6) is -0.280. The highest BCUT2D eigenvalue weighted by molar-refractivity contribution is 6.32. The third-order valence-electron chi connectivity index (χ3n) is 2.98. The van der Waals surface area contributed by atoms with E-state index in [2.05, 4.69) is 4.98 Å². The van der Waals surface area contributed by atoms with E-state index in [-0.39, 0.29) is 5.95 Å². The summed E-state index contributed by atoms with van der Waals surface area (Å²) in [6, 6.07) is 11.2. The number of nitrogens with zero attached hydrogens (tertiary/aromatic N) is 3. The van der Waals surface area contributed by atoms with Gasteiger partial charge in [0.2, 0.25) is 5.95 Å². The van der Waals surface area contributed by atoms with Gasteiger partial charge < -0.3 is 5.73 Å². The Morgan fingerprint density at radius 1 is 1.30 bits per heavy atom. The van der Waals surface area contributed by atoms with Gasteiger partial charge >= 0.3 is 0 Å². The number of para-hydroxylation sites is 1. The first-order valence-electron chi connectivity index (χ1n) is 5.74. The second-order valence-corrected chi connectivity index (χ2v) is 4.59. The van der Waals surface area contributed by atoms with Crippen LogP contribution in [0, 0.1) is 17.1 Å². The Hall–Kier alpha value is -2.58. The van der Waals surface area contributed by atoms with E-state index in [0.717, 1.165) is 0 Å². The molecule has 20 heavy (non-hydrogen) atoms. The second-order valence-electron chi connectivity index (χ2n) is 4.19. The Kier molecular flexibility index (Phi) is 2.81. The Balaban J connectivity index is 2.40. The van der Waals surface area contributed by atoms with Crippen molar-refractivity contribution in [1.29, 1.82) is 5.26 Å². The summed E-state index contributed by atoms with van der Waals surface area (Å²) in [7, 11) is 0. The van der Waals surface area contributed by atoms with Crippen LogP contribution in [-0.4, -0.2) is 9.55 Å². The molecule has 0 amide bonds. The smallest absolute Gasteiger partial charge is 0.206 e. The summed E-state index contributed by atoms with van der Waals surface area (Å²) >= 11 is 6.10. The molecular weight excluding hydrogens is 279 g/mol. The molecule has 4 nitrogen and oxygen atoms in total. The number of fused-ring (bicyclic) bond motifs is 1. The van der Waals surface area contributed by atoms with Gasteiger partial charge in [-0.05, 0) is 30.3 Å². The molecule has 0 fully saturated rings. The quantitative estimate of drug-likeness (QED) is 0.746. The molecular formula is C14H8ClFN4. The van der Waals surface area contributed by atoms with Gasteiger partial charge in [-0.1, -0.05) is 17.7 Å². The van der Waals surface area contributed by atoms with Crippen LogP contribution in [0.25, 0.3) is 16.7 Å². The van der Waals surface area contributed by atoms with E-state index in [0.29, 0.717) is 27.3 Å². The van der Waals surface area contributed by atoms with Gasteiger partial charge in [0.1, 0.15) is 17.4 Å². The van der Waals surface area contributed by atoms with E-state index < -0.39 is 5.82 Å². The molecule has 98 valence electrons. The maximum absolute atomic E-state index is 13.4. The Bertz CT molecular complexity index is 863. The van der Waals surface area contributed by atoms with Crippen molar-refractivity contribution < 1.29 is 4.39 Å². The number of aromatic nitrogens is 2. The molecule has 0 spiro atoms. The average Bonchev–Trinajstić information content (AvgIpc) is 2.77. The van der Waals surface area contributed by atoms with E-state index >= 15 is 0 Å². The fraction of sp³-hybridized carbons (Fsp3) is 0. The van der Waals surface area contributed by atoms with Crippen molar-refractivity contribution in [3.05, 3.63) is 52.8 Å². The molecule has 0 aliphatic rings. The fourth-order valence-electron chi connectivity index (χ4n) is 2.12. The highest BCUT2D eigenvalue weighted by Gasteiger charge is 2.15. The van der Waals surface area contributed by atoms with Gasteiger partial charge in [0.05, 0.1) is 21.8 Å². The minimum Gasteiger partial charge on any atom is -0.369 e. The first-order chi connectivity index (χ1) is 9.61. The van der Waals surface area contributed by atoms with Crippen molar-refractivity contribution in [2.45, 2.75) is 0 Å². The molecule has 0 unspecified atom stereocenters. The number of halogens is 2. The number of hydrogen-bond donors (Lipinski definition) is 1. The van der Waals surface area contributed by atoms with E-state index in [1.54, 1.807) is 18.2 Å². The van der Waals surface area contributed by atoms with Gasteiger partial charge in [0.15, 0.2) is 0 Å². The lowest BCUT2D eigenvalue weighted by Gasteiger charge is -2.08. The summed E-state index contributed by atoms with van der Waals surface area (Å²) in [6.07, 6.45) is 0. The second kappa shape index (κ2) is 4.51. The zero-order valence-electron chi connectivity index (χ0n) is 10.1. The number of nitrogens with two attached hydrogens (primary N) is 1. The van der Waals surface area contributed by atoms with E-state index in [9.17, 15) is 4.39 Å². The van der Waals surface area contributed by atoms with Crippen LogP contribution in [0.15, 0.2) is 36.4 Å². The molecule has 0 atom stereocenters. The first-order valence-corrected chi connectivity index (χ1v) is 6.12. The number of nitrogen functional groups attached to an aromatic ring is 1. The third-order valence-corrected chi connectivity index (χ3v) is 3.30. The van der Waals surface area contributed by atoms with Gasteiger partial charge in [-0.15, -0.1) is 0 Å². The van der Waals surface area contributed by atoms with Gasteiger partial charge in [-0.3, -0.25) is 4.57 Å². The largest absolute Gasteiger partial charge is 0.369 e. The predicted octanol–water partition coefficient (Wildman–Crippen LogP) is 3.27. The molecule has 3 aromatic rings. The molecule has 0 aliphatic heterocycles. The van der Waals surface area contributed by atoms with E-state index in [1.165, 1.54) is 22.8 Å². The SMILES string of the molecule is N#Cc1cccc2c1nc(N)n2-c1cc(F)ccc1Cl. The van der Waals surface area contributed by atoms with Crippen molar-refractivity contribution in [3.8, 4) is 11.8 Å². The zero-order valence-corrected chi connectivity index (χ0v) is 10.9. The van der Waals surface area contributed by atoms with Gasteiger partial charge in [0.25, 0.3) is 0 Å². The van der Waals surface area contributed by atoms with Crippen molar-refractivity contribution in [2.24, 2.45) is 0 Å². The van der Waals surface area contributed by atoms with Crippen molar-refractivity contribution in [2.75, 3.05) is 5.73 Å². The number of imidazole rings is 1. The molecule has 0 saturated carbocycles. The van der Waals surface area contributed by atoms with Crippen LogP contribution < -0.4 is 5.73 Å². The minimum absolute atomic E-state index is 0.148. The van der Waals surface area contributed by atoms with Crippen LogP contribution in [-0.2, 0) is 0 Å². The van der Waals surface area contributed by atoms with Gasteiger partial charge in [0, 0.05) is 0 Å². The van der Waals surface area contributed by atoms with Crippen molar-refractivity contribution in [1.82, 2.24) is 9.55 Å². The highest BCUT2D eigenvalue weighted by atomic mass is 35.5. The molecule has 1 aromatic heterocycles. The predicted molar refractivity (Wildman–Crippen MR) is 75.2 cm³/mol. The Morgan fingerprint density at radius 3 is 2.85 bits per heavy atom. The molecule has 0 radical (unpaired) electrons. The molecule has 6 heteroatoms. The lowest BCUT2D eigenvalue weighted by Crippen LogP contribution is -2.01. The number of nitriles is 1. The normalized spacial score (nSPS) is 10.7. The topological polar surface area (TPSA) is 67.6 Å². The van der Waals surface area contributed by atoms with Crippen molar-refractivity contribution in [3.63, 3.8) is 0 Å².